The van der Waals surface area contributed by atoms with Crippen molar-refractivity contribution < 1.29 is 4.92 Å². The van der Waals surface area contributed by atoms with Crippen LogP contribution in [0.4, 0.5) is 11.6 Å². The molecule has 0 aliphatic heterocycles. The molecular weight excluding hydrogens is 264 g/mol. The molecular formula is C12H18N4O2S. The lowest BCUT2D eigenvalue weighted by molar-refractivity contribution is -0.389. The van der Waals surface area contributed by atoms with Crippen LogP contribution in [-0.4, -0.2) is 20.3 Å². The van der Waals surface area contributed by atoms with Gasteiger partial charge in [-0.2, -0.15) is 9.38 Å². The van der Waals surface area contributed by atoms with Crippen LogP contribution >= 0.6 is 11.3 Å². The summed E-state index contributed by atoms with van der Waals surface area (Å²) < 4.78 is 1.52. The van der Waals surface area contributed by atoms with E-state index in [1.54, 1.807) is 11.6 Å². The summed E-state index contributed by atoms with van der Waals surface area (Å²) in [5.41, 5.74) is 0. The predicted octanol–water partition coefficient (Wildman–Crippen LogP) is 3.54. The molecule has 0 aromatic carbocycles. The Kier molecular flexibility index (Phi) is 4.04. The van der Waals surface area contributed by atoms with Crippen molar-refractivity contribution in [2.24, 2.45) is 5.92 Å². The first kappa shape index (κ1) is 13.8. The second kappa shape index (κ2) is 5.56. The molecule has 1 atom stereocenters. The number of fused-ring (bicyclic) bond motifs is 1. The fraction of sp³-hybridized carbons (Fsp3) is 0.583. The first-order chi connectivity index (χ1) is 9.08. The highest BCUT2D eigenvalue weighted by Gasteiger charge is 2.26. The average Bonchev–Trinajstić information content (AvgIpc) is 2.89. The molecule has 1 unspecified atom stereocenters. The van der Waals surface area contributed by atoms with E-state index in [-0.39, 0.29) is 16.8 Å². The van der Waals surface area contributed by atoms with E-state index >= 15 is 0 Å². The molecule has 0 aliphatic rings. The van der Waals surface area contributed by atoms with Crippen LogP contribution < -0.4 is 5.32 Å². The molecule has 0 fully saturated rings. The normalized spacial score (nSPS) is 13.1. The Morgan fingerprint density at radius 3 is 2.79 bits per heavy atom. The van der Waals surface area contributed by atoms with Gasteiger partial charge in [0.1, 0.15) is 6.20 Å². The van der Waals surface area contributed by atoms with E-state index in [4.69, 9.17) is 0 Å². The van der Waals surface area contributed by atoms with Gasteiger partial charge in [0.2, 0.25) is 5.82 Å². The lowest BCUT2D eigenvalue weighted by Gasteiger charge is -2.21. The van der Waals surface area contributed by atoms with Gasteiger partial charge in [-0.3, -0.25) is 0 Å². The molecule has 0 amide bonds. The van der Waals surface area contributed by atoms with E-state index < -0.39 is 0 Å². The number of rotatable bonds is 6. The van der Waals surface area contributed by atoms with Crippen molar-refractivity contribution in [2.45, 2.75) is 39.7 Å². The third-order valence-corrected chi connectivity index (χ3v) is 4.29. The van der Waals surface area contributed by atoms with Crippen molar-refractivity contribution in [1.82, 2.24) is 9.38 Å². The van der Waals surface area contributed by atoms with Gasteiger partial charge in [-0.1, -0.05) is 38.0 Å². The Labute approximate surface area is 115 Å². The van der Waals surface area contributed by atoms with Crippen LogP contribution in [0.3, 0.4) is 0 Å². The van der Waals surface area contributed by atoms with E-state index in [2.05, 4.69) is 31.1 Å². The molecule has 2 heterocycles. The zero-order valence-electron chi connectivity index (χ0n) is 11.3. The van der Waals surface area contributed by atoms with E-state index in [9.17, 15) is 10.1 Å². The van der Waals surface area contributed by atoms with Crippen molar-refractivity contribution in [3.8, 4) is 0 Å². The number of nitrogens with zero attached hydrogens (tertiary/aromatic N) is 3. The minimum atomic E-state index is -0.380. The highest BCUT2D eigenvalue weighted by atomic mass is 32.1. The van der Waals surface area contributed by atoms with Crippen LogP contribution in [0.25, 0.3) is 4.96 Å². The van der Waals surface area contributed by atoms with Crippen LogP contribution in [0.5, 0.6) is 0 Å². The summed E-state index contributed by atoms with van der Waals surface area (Å²) in [5.74, 6) is 0.879. The number of hydrogen-bond donors (Lipinski definition) is 1. The molecule has 6 nitrogen and oxygen atoms in total. The minimum absolute atomic E-state index is 0.0223. The van der Waals surface area contributed by atoms with Crippen LogP contribution in [0.15, 0.2) is 11.6 Å². The van der Waals surface area contributed by atoms with Crippen molar-refractivity contribution in [3.05, 3.63) is 21.7 Å². The molecule has 0 radical (unpaired) electrons. The maximum absolute atomic E-state index is 11.2. The zero-order chi connectivity index (χ0) is 14.0. The fourth-order valence-corrected chi connectivity index (χ4v) is 3.08. The Morgan fingerprint density at radius 2 is 2.21 bits per heavy atom. The second-order valence-corrected chi connectivity index (χ2v) is 5.48. The maximum atomic E-state index is 11.2. The molecule has 0 aliphatic carbocycles. The SMILES string of the molecule is CCC(CC)C(C)Nc1nc2sccn2c1[N+](=O)[O-]. The monoisotopic (exact) mass is 282 g/mol. The molecule has 1 N–H and O–H groups in total. The smallest absolute Gasteiger partial charge is 0.360 e. The summed E-state index contributed by atoms with van der Waals surface area (Å²) in [6.07, 6.45) is 3.76. The molecule has 0 bridgehead atoms. The molecule has 7 heteroatoms. The van der Waals surface area contributed by atoms with E-state index in [0.29, 0.717) is 16.7 Å². The van der Waals surface area contributed by atoms with E-state index in [0.717, 1.165) is 12.8 Å². The zero-order valence-corrected chi connectivity index (χ0v) is 12.1. The molecule has 0 saturated heterocycles. The predicted molar refractivity (Wildman–Crippen MR) is 76.9 cm³/mol. The molecule has 104 valence electrons. The third kappa shape index (κ3) is 2.56. The third-order valence-electron chi connectivity index (χ3n) is 3.53. The van der Waals surface area contributed by atoms with Gasteiger partial charge in [0, 0.05) is 11.4 Å². The van der Waals surface area contributed by atoms with Gasteiger partial charge in [-0.15, -0.1) is 0 Å². The van der Waals surface area contributed by atoms with Gasteiger partial charge < -0.3 is 15.4 Å². The summed E-state index contributed by atoms with van der Waals surface area (Å²) in [4.78, 5) is 15.8. The standard InChI is InChI=1S/C12H18N4O2S/c1-4-9(5-2)8(3)13-10-11(16(17)18)15-6-7-19-12(15)14-10/h6-9,13H,4-5H2,1-3H3. The number of imidazole rings is 1. The van der Waals surface area contributed by atoms with Crippen molar-refractivity contribution in [1.29, 1.82) is 0 Å². The van der Waals surface area contributed by atoms with Crippen molar-refractivity contribution >= 4 is 27.9 Å². The number of nitro groups is 1. The minimum Gasteiger partial charge on any atom is -0.360 e. The Hall–Kier alpha value is -1.63. The van der Waals surface area contributed by atoms with Crippen LogP contribution in [-0.2, 0) is 0 Å². The average molecular weight is 282 g/mol. The summed E-state index contributed by atoms with van der Waals surface area (Å²) in [5, 5.41) is 16.2. The molecule has 19 heavy (non-hydrogen) atoms. The number of aromatic nitrogens is 2. The first-order valence-electron chi connectivity index (χ1n) is 6.44. The van der Waals surface area contributed by atoms with E-state index in [1.807, 2.05) is 0 Å². The van der Waals surface area contributed by atoms with E-state index in [1.165, 1.54) is 15.7 Å². The van der Waals surface area contributed by atoms with Crippen LogP contribution in [0, 0.1) is 16.0 Å². The van der Waals surface area contributed by atoms with Crippen molar-refractivity contribution in [3.63, 3.8) is 0 Å². The summed E-state index contributed by atoms with van der Waals surface area (Å²) >= 11 is 1.39. The number of nitrogens with one attached hydrogen (secondary N) is 1. The summed E-state index contributed by atoms with van der Waals surface area (Å²) in [6, 6.07) is 0.165. The molecule has 0 spiro atoms. The molecule has 2 aromatic rings. The number of hydrogen-bond acceptors (Lipinski definition) is 5. The lowest BCUT2D eigenvalue weighted by Crippen LogP contribution is -2.25. The highest BCUT2D eigenvalue weighted by molar-refractivity contribution is 7.15. The molecule has 2 aromatic heterocycles. The van der Waals surface area contributed by atoms with Gasteiger partial charge in [0.05, 0.1) is 0 Å². The second-order valence-electron chi connectivity index (χ2n) is 4.61. The number of thiazole rings is 1. The molecule has 2 rings (SSSR count). The van der Waals surface area contributed by atoms with Gasteiger partial charge in [0.15, 0.2) is 0 Å². The lowest BCUT2D eigenvalue weighted by atomic mass is 9.95. The van der Waals surface area contributed by atoms with Gasteiger partial charge in [-0.05, 0) is 17.8 Å². The molecule has 0 saturated carbocycles. The summed E-state index contributed by atoms with van der Waals surface area (Å²) in [6.45, 7) is 6.31. The van der Waals surface area contributed by atoms with Gasteiger partial charge >= 0.3 is 5.82 Å². The highest BCUT2D eigenvalue weighted by Crippen LogP contribution is 2.29. The maximum Gasteiger partial charge on any atom is 0.372 e. The number of anilines is 1. The van der Waals surface area contributed by atoms with Crippen LogP contribution in [0.2, 0.25) is 0 Å². The Bertz CT molecular complexity index is 573. The van der Waals surface area contributed by atoms with Gasteiger partial charge in [0.25, 0.3) is 4.96 Å². The Balaban J connectivity index is 2.31. The topological polar surface area (TPSA) is 72.5 Å². The largest absolute Gasteiger partial charge is 0.372 e. The van der Waals surface area contributed by atoms with Crippen LogP contribution in [0.1, 0.15) is 33.6 Å². The Morgan fingerprint density at radius 1 is 1.53 bits per heavy atom. The van der Waals surface area contributed by atoms with Crippen molar-refractivity contribution in [2.75, 3.05) is 5.32 Å². The van der Waals surface area contributed by atoms with Gasteiger partial charge in [-0.25, -0.2) is 0 Å². The summed E-state index contributed by atoms with van der Waals surface area (Å²) in [7, 11) is 0. The fourth-order valence-electron chi connectivity index (χ4n) is 2.37. The quantitative estimate of drug-likeness (QED) is 0.649. The first-order valence-corrected chi connectivity index (χ1v) is 7.32.